The molecule has 0 atom stereocenters. The summed E-state index contributed by atoms with van der Waals surface area (Å²) in [6.45, 7) is -0.420. The molecule has 2 aliphatic rings. The van der Waals surface area contributed by atoms with Gasteiger partial charge < -0.3 is 19.3 Å². The van der Waals surface area contributed by atoms with E-state index in [0.717, 1.165) is 25.7 Å². The fourth-order valence-electron chi connectivity index (χ4n) is 3.22. The van der Waals surface area contributed by atoms with Gasteiger partial charge in [0.15, 0.2) is 6.61 Å². The van der Waals surface area contributed by atoms with Gasteiger partial charge in [-0.2, -0.15) is 0 Å². The molecule has 1 spiro atoms. The summed E-state index contributed by atoms with van der Waals surface area (Å²) in [6.07, 6.45) is 7.23. The first-order chi connectivity index (χ1) is 11.0. The van der Waals surface area contributed by atoms with Gasteiger partial charge in [-0.15, -0.1) is 0 Å². The van der Waals surface area contributed by atoms with Crippen LogP contribution >= 0.6 is 11.6 Å². The van der Waals surface area contributed by atoms with Crippen LogP contribution in [0.2, 0.25) is 0 Å². The average molecular weight is 339 g/mol. The number of carboxylic acids is 1. The molecule has 0 unspecified atom stereocenters. The lowest BCUT2D eigenvalue weighted by atomic mass is 9.82. The summed E-state index contributed by atoms with van der Waals surface area (Å²) in [4.78, 5) is 10.7. The van der Waals surface area contributed by atoms with E-state index in [9.17, 15) is 4.79 Å². The molecule has 3 rings (SSSR count). The molecule has 1 saturated carbocycles. The zero-order valence-corrected chi connectivity index (χ0v) is 13.7. The molecule has 124 valence electrons. The van der Waals surface area contributed by atoms with Gasteiger partial charge in [0.2, 0.25) is 0 Å². The fourth-order valence-corrected chi connectivity index (χ4v) is 3.60. The summed E-state index contributed by atoms with van der Waals surface area (Å²) in [6, 6.07) is 3.31. The van der Waals surface area contributed by atoms with Crippen LogP contribution in [-0.2, 0) is 4.79 Å². The normalized spacial score (nSPS) is 18.6. The molecule has 23 heavy (non-hydrogen) atoms. The first kappa shape index (κ1) is 16.0. The van der Waals surface area contributed by atoms with Crippen molar-refractivity contribution >= 4 is 22.6 Å². The first-order valence-electron chi connectivity index (χ1n) is 7.67. The summed E-state index contributed by atoms with van der Waals surface area (Å²) in [5, 5.41) is 9.37. The molecule has 1 aromatic rings. The summed E-state index contributed by atoms with van der Waals surface area (Å²) in [5.41, 5.74) is 0.312. The molecule has 0 amide bonds. The summed E-state index contributed by atoms with van der Waals surface area (Å²) in [7, 11) is 1.53. The Labute approximate surface area is 139 Å². The van der Waals surface area contributed by atoms with Gasteiger partial charge in [0.25, 0.3) is 0 Å². The largest absolute Gasteiger partial charge is 0.496 e. The van der Waals surface area contributed by atoms with Crippen molar-refractivity contribution in [2.75, 3.05) is 13.7 Å². The van der Waals surface area contributed by atoms with Gasteiger partial charge >= 0.3 is 5.97 Å². The number of carboxylic acid groups (broad SMARTS) is 1. The van der Waals surface area contributed by atoms with Crippen molar-refractivity contribution < 1.29 is 24.1 Å². The second-order valence-corrected chi connectivity index (χ2v) is 6.31. The molecule has 0 radical (unpaired) electrons. The van der Waals surface area contributed by atoms with Crippen molar-refractivity contribution in [2.45, 2.75) is 37.7 Å². The third-order valence-corrected chi connectivity index (χ3v) is 4.56. The van der Waals surface area contributed by atoms with E-state index in [1.807, 2.05) is 6.08 Å². The molecule has 1 aliphatic carbocycles. The minimum Gasteiger partial charge on any atom is -0.496 e. The van der Waals surface area contributed by atoms with E-state index in [4.69, 9.17) is 30.9 Å². The van der Waals surface area contributed by atoms with E-state index in [1.165, 1.54) is 13.5 Å². The zero-order valence-electron chi connectivity index (χ0n) is 12.9. The molecule has 1 fully saturated rings. The minimum atomic E-state index is -1.04. The van der Waals surface area contributed by atoms with Crippen molar-refractivity contribution in [3.05, 3.63) is 23.8 Å². The van der Waals surface area contributed by atoms with E-state index in [0.29, 0.717) is 27.8 Å². The van der Waals surface area contributed by atoms with Crippen LogP contribution < -0.4 is 14.2 Å². The third-order valence-electron chi connectivity index (χ3n) is 4.26. The Hall–Kier alpha value is -1.88. The lowest BCUT2D eigenvalue weighted by molar-refractivity contribution is -0.139. The maximum absolute atomic E-state index is 10.7. The van der Waals surface area contributed by atoms with Crippen LogP contribution in [-0.4, -0.2) is 30.4 Å². The van der Waals surface area contributed by atoms with Crippen LogP contribution in [0.25, 0.3) is 5.03 Å². The average Bonchev–Trinajstić information content (AvgIpc) is 2.52. The standard InChI is InChI=1S/C17H19ClO5/c1-21-13-7-11(22-10-15(19)20)8-14-16(13)12(18)9-17(23-14)5-3-2-4-6-17/h7-9H,2-6,10H2,1H3,(H,19,20). The fraction of sp³-hybridized carbons (Fsp3) is 0.471. The van der Waals surface area contributed by atoms with E-state index >= 15 is 0 Å². The van der Waals surface area contributed by atoms with Gasteiger partial charge in [-0.05, 0) is 31.8 Å². The highest BCUT2D eigenvalue weighted by molar-refractivity contribution is 6.49. The number of rotatable bonds is 4. The Bertz CT molecular complexity index is 647. The van der Waals surface area contributed by atoms with E-state index in [-0.39, 0.29) is 5.60 Å². The predicted molar refractivity (Wildman–Crippen MR) is 86.4 cm³/mol. The zero-order chi connectivity index (χ0) is 16.4. The van der Waals surface area contributed by atoms with E-state index in [1.54, 1.807) is 12.1 Å². The topological polar surface area (TPSA) is 65.0 Å². The van der Waals surface area contributed by atoms with Crippen molar-refractivity contribution in [1.82, 2.24) is 0 Å². The second kappa shape index (κ2) is 6.32. The number of fused-ring (bicyclic) bond motifs is 1. The van der Waals surface area contributed by atoms with Crippen molar-refractivity contribution in [1.29, 1.82) is 0 Å². The smallest absolute Gasteiger partial charge is 0.341 e. The maximum Gasteiger partial charge on any atom is 0.341 e. The highest BCUT2D eigenvalue weighted by Crippen LogP contribution is 2.49. The summed E-state index contributed by atoms with van der Waals surface area (Å²) in [5.74, 6) is 0.443. The SMILES string of the molecule is COc1cc(OCC(=O)O)cc2c1C(Cl)=CC1(CCCCC1)O2. The molecule has 0 saturated heterocycles. The van der Waals surface area contributed by atoms with Crippen LogP contribution in [0.1, 0.15) is 37.7 Å². The van der Waals surface area contributed by atoms with Crippen molar-refractivity contribution in [2.24, 2.45) is 0 Å². The van der Waals surface area contributed by atoms with E-state index < -0.39 is 12.6 Å². The molecule has 0 aromatic heterocycles. The number of ether oxygens (including phenoxy) is 3. The van der Waals surface area contributed by atoms with Crippen LogP contribution in [0, 0.1) is 0 Å². The van der Waals surface area contributed by atoms with Gasteiger partial charge in [-0.1, -0.05) is 18.0 Å². The quantitative estimate of drug-likeness (QED) is 0.903. The summed E-state index contributed by atoms with van der Waals surface area (Å²) >= 11 is 6.50. The molecule has 1 N–H and O–H groups in total. The van der Waals surface area contributed by atoms with E-state index in [2.05, 4.69) is 0 Å². The Balaban J connectivity index is 1.98. The molecule has 1 heterocycles. The Kier molecular flexibility index (Phi) is 4.39. The maximum atomic E-state index is 10.7. The molecular formula is C17H19ClO5. The Morgan fingerprint density at radius 3 is 2.74 bits per heavy atom. The lowest BCUT2D eigenvalue weighted by Crippen LogP contribution is -2.38. The third kappa shape index (κ3) is 3.24. The molecular weight excluding hydrogens is 320 g/mol. The number of carbonyl (C=O) groups is 1. The minimum absolute atomic E-state index is 0.376. The highest BCUT2D eigenvalue weighted by Gasteiger charge is 2.37. The predicted octanol–water partition coefficient (Wildman–Crippen LogP) is 3.83. The van der Waals surface area contributed by atoms with Gasteiger partial charge in [0.05, 0.1) is 17.7 Å². The van der Waals surface area contributed by atoms with Gasteiger partial charge in [0, 0.05) is 12.1 Å². The molecule has 1 aromatic carbocycles. The molecule has 1 aliphatic heterocycles. The Morgan fingerprint density at radius 1 is 1.35 bits per heavy atom. The van der Waals surface area contributed by atoms with Gasteiger partial charge in [0.1, 0.15) is 22.8 Å². The number of benzene rings is 1. The molecule has 0 bridgehead atoms. The van der Waals surface area contributed by atoms with Gasteiger partial charge in [-0.3, -0.25) is 0 Å². The van der Waals surface area contributed by atoms with Gasteiger partial charge in [-0.25, -0.2) is 4.79 Å². The monoisotopic (exact) mass is 338 g/mol. The Morgan fingerprint density at radius 2 is 2.09 bits per heavy atom. The van der Waals surface area contributed by atoms with Crippen molar-refractivity contribution in [3.63, 3.8) is 0 Å². The summed E-state index contributed by atoms with van der Waals surface area (Å²) < 4.78 is 16.9. The molecule has 6 heteroatoms. The number of hydrogen-bond acceptors (Lipinski definition) is 4. The molecule has 5 nitrogen and oxygen atoms in total. The number of aliphatic carboxylic acids is 1. The van der Waals surface area contributed by atoms with Crippen molar-refractivity contribution in [3.8, 4) is 17.2 Å². The van der Waals surface area contributed by atoms with Crippen LogP contribution in [0.3, 0.4) is 0 Å². The second-order valence-electron chi connectivity index (χ2n) is 5.90. The van der Waals surface area contributed by atoms with Crippen LogP contribution in [0.5, 0.6) is 17.2 Å². The highest BCUT2D eigenvalue weighted by atomic mass is 35.5. The number of halogens is 1. The lowest BCUT2D eigenvalue weighted by Gasteiger charge is -2.39. The number of methoxy groups -OCH3 is 1. The van der Waals surface area contributed by atoms with Crippen LogP contribution in [0.4, 0.5) is 0 Å². The van der Waals surface area contributed by atoms with Crippen LogP contribution in [0.15, 0.2) is 18.2 Å². The number of hydrogen-bond donors (Lipinski definition) is 1. The first-order valence-corrected chi connectivity index (χ1v) is 8.05.